The van der Waals surface area contributed by atoms with Crippen LogP contribution in [0.2, 0.25) is 0 Å². The van der Waals surface area contributed by atoms with Gasteiger partial charge in [0.15, 0.2) is 0 Å². The van der Waals surface area contributed by atoms with Crippen molar-refractivity contribution >= 4 is 23.5 Å². The molecule has 0 aliphatic carbocycles. The molecule has 1 aromatic rings. The summed E-state index contributed by atoms with van der Waals surface area (Å²) in [4.78, 5) is 13.8. The van der Waals surface area contributed by atoms with E-state index in [0.717, 1.165) is 0 Å². The Kier molecular flexibility index (Phi) is 4.75. The molecule has 0 fully saturated rings. The average Bonchev–Trinajstić information content (AvgIpc) is 2.56. The summed E-state index contributed by atoms with van der Waals surface area (Å²) >= 11 is 1.73. The van der Waals surface area contributed by atoms with Crippen molar-refractivity contribution in [2.45, 2.75) is 33.3 Å². The molecule has 0 aliphatic rings. The van der Waals surface area contributed by atoms with Gasteiger partial charge in [0.2, 0.25) is 0 Å². The molecule has 1 heterocycles. The first kappa shape index (κ1) is 13.8. The first-order valence-corrected chi connectivity index (χ1v) is 6.38. The second-order valence-electron chi connectivity index (χ2n) is 4.73. The Labute approximate surface area is 106 Å². The van der Waals surface area contributed by atoms with E-state index in [1.165, 1.54) is 9.75 Å². The third-order valence-corrected chi connectivity index (χ3v) is 2.77. The average molecular weight is 253 g/mol. The topological polar surface area (TPSA) is 38.3 Å². The molecule has 0 aromatic carbocycles. The molecule has 0 spiro atoms. The molecule has 0 bridgehead atoms. The fraction of sp³-hybridized carbons (Fsp3) is 0.462. The Morgan fingerprint density at radius 2 is 2.18 bits per heavy atom. The van der Waals surface area contributed by atoms with Crippen LogP contribution in [0.15, 0.2) is 18.2 Å². The standard InChI is InChI=1S/C13H19NO2S/c1-10-7-8-11(17-10)6-5-9-14-12(15)16-13(2,3)4/h5-8H,9H2,1-4H3,(H,14,15). The first-order chi connectivity index (χ1) is 7.87. The van der Waals surface area contributed by atoms with Crippen LogP contribution >= 0.6 is 11.3 Å². The predicted molar refractivity (Wildman–Crippen MR) is 72.3 cm³/mol. The van der Waals surface area contributed by atoms with E-state index in [-0.39, 0.29) is 6.09 Å². The highest BCUT2D eigenvalue weighted by molar-refractivity contribution is 7.12. The molecule has 17 heavy (non-hydrogen) atoms. The third kappa shape index (κ3) is 6.12. The van der Waals surface area contributed by atoms with Crippen LogP contribution < -0.4 is 5.32 Å². The van der Waals surface area contributed by atoms with Crippen LogP contribution in [0.25, 0.3) is 6.08 Å². The molecule has 1 N–H and O–H groups in total. The van der Waals surface area contributed by atoms with Crippen LogP contribution in [0, 0.1) is 6.92 Å². The summed E-state index contributed by atoms with van der Waals surface area (Å²) < 4.78 is 5.11. The minimum Gasteiger partial charge on any atom is -0.444 e. The van der Waals surface area contributed by atoms with Crippen molar-refractivity contribution in [2.75, 3.05) is 6.54 Å². The molecule has 0 saturated carbocycles. The number of hydrogen-bond donors (Lipinski definition) is 1. The number of ether oxygens (including phenoxy) is 1. The largest absolute Gasteiger partial charge is 0.444 e. The number of thiophene rings is 1. The Morgan fingerprint density at radius 1 is 1.47 bits per heavy atom. The Morgan fingerprint density at radius 3 is 2.71 bits per heavy atom. The molecular formula is C13H19NO2S. The molecule has 0 radical (unpaired) electrons. The Bertz CT molecular complexity index is 402. The number of carbonyl (C=O) groups excluding carboxylic acids is 1. The Balaban J connectivity index is 2.28. The molecule has 4 heteroatoms. The summed E-state index contributed by atoms with van der Waals surface area (Å²) in [6.45, 7) is 8.08. The highest BCUT2D eigenvalue weighted by atomic mass is 32.1. The molecule has 3 nitrogen and oxygen atoms in total. The Hall–Kier alpha value is -1.29. The van der Waals surface area contributed by atoms with Crippen LogP contribution in [-0.4, -0.2) is 18.2 Å². The lowest BCUT2D eigenvalue weighted by molar-refractivity contribution is 0.0534. The van der Waals surface area contributed by atoms with E-state index in [1.807, 2.05) is 32.9 Å². The van der Waals surface area contributed by atoms with Gasteiger partial charge in [0.1, 0.15) is 5.60 Å². The number of carbonyl (C=O) groups is 1. The molecule has 1 rings (SSSR count). The van der Waals surface area contributed by atoms with Gasteiger partial charge in [-0.05, 0) is 45.9 Å². The zero-order valence-corrected chi connectivity index (χ0v) is 11.6. The van der Waals surface area contributed by atoms with Crippen molar-refractivity contribution in [3.63, 3.8) is 0 Å². The molecule has 1 amide bonds. The second-order valence-corrected chi connectivity index (χ2v) is 6.05. The maximum atomic E-state index is 11.3. The number of rotatable bonds is 3. The second kappa shape index (κ2) is 5.87. The fourth-order valence-electron chi connectivity index (χ4n) is 1.17. The number of nitrogens with one attached hydrogen (secondary N) is 1. The van der Waals surface area contributed by atoms with E-state index < -0.39 is 5.60 Å². The lowest BCUT2D eigenvalue weighted by Gasteiger charge is -2.19. The van der Waals surface area contributed by atoms with Crippen molar-refractivity contribution in [1.82, 2.24) is 5.32 Å². The van der Waals surface area contributed by atoms with E-state index in [4.69, 9.17) is 4.74 Å². The molecule has 0 atom stereocenters. The molecule has 0 unspecified atom stereocenters. The maximum absolute atomic E-state index is 11.3. The minimum atomic E-state index is -0.446. The molecule has 1 aromatic heterocycles. The lowest BCUT2D eigenvalue weighted by Crippen LogP contribution is -2.32. The van der Waals surface area contributed by atoms with Gasteiger partial charge in [0, 0.05) is 16.3 Å². The SMILES string of the molecule is Cc1ccc(C=CCNC(=O)OC(C)(C)C)s1. The third-order valence-electron chi connectivity index (χ3n) is 1.81. The number of hydrogen-bond acceptors (Lipinski definition) is 3. The summed E-state index contributed by atoms with van der Waals surface area (Å²) in [6, 6.07) is 4.13. The number of alkyl carbamates (subject to hydrolysis) is 1. The zero-order chi connectivity index (χ0) is 12.9. The summed E-state index contributed by atoms with van der Waals surface area (Å²) in [5, 5.41) is 2.67. The van der Waals surface area contributed by atoms with Crippen LogP contribution in [0.3, 0.4) is 0 Å². The van der Waals surface area contributed by atoms with Gasteiger partial charge < -0.3 is 10.1 Å². The van der Waals surface area contributed by atoms with Crippen molar-refractivity contribution in [1.29, 1.82) is 0 Å². The smallest absolute Gasteiger partial charge is 0.407 e. The normalized spacial score (nSPS) is 11.8. The maximum Gasteiger partial charge on any atom is 0.407 e. The summed E-state index contributed by atoms with van der Waals surface area (Å²) in [6.07, 6.45) is 3.52. The zero-order valence-electron chi connectivity index (χ0n) is 10.7. The van der Waals surface area contributed by atoms with Gasteiger partial charge in [-0.1, -0.05) is 6.08 Å². The summed E-state index contributed by atoms with van der Waals surface area (Å²) in [5.41, 5.74) is -0.446. The molecule has 0 saturated heterocycles. The predicted octanol–water partition coefficient (Wildman–Crippen LogP) is 3.59. The van der Waals surface area contributed by atoms with Crippen molar-refractivity contribution in [2.24, 2.45) is 0 Å². The minimum absolute atomic E-state index is 0.385. The lowest BCUT2D eigenvalue weighted by atomic mass is 10.2. The van der Waals surface area contributed by atoms with E-state index in [1.54, 1.807) is 11.3 Å². The van der Waals surface area contributed by atoms with Gasteiger partial charge in [0.25, 0.3) is 0 Å². The van der Waals surface area contributed by atoms with Crippen LogP contribution in [-0.2, 0) is 4.74 Å². The highest BCUT2D eigenvalue weighted by Crippen LogP contribution is 2.16. The van der Waals surface area contributed by atoms with Gasteiger partial charge in [-0.3, -0.25) is 0 Å². The molecule has 0 aliphatic heterocycles. The molecule has 94 valence electrons. The van der Waals surface area contributed by atoms with Gasteiger partial charge in [-0.25, -0.2) is 4.79 Å². The first-order valence-electron chi connectivity index (χ1n) is 5.57. The van der Waals surface area contributed by atoms with Gasteiger partial charge >= 0.3 is 6.09 Å². The van der Waals surface area contributed by atoms with Crippen molar-refractivity contribution < 1.29 is 9.53 Å². The van der Waals surface area contributed by atoms with Crippen LogP contribution in [0.4, 0.5) is 4.79 Å². The van der Waals surface area contributed by atoms with Crippen LogP contribution in [0.1, 0.15) is 30.5 Å². The molecular weight excluding hydrogens is 234 g/mol. The summed E-state index contributed by atoms with van der Waals surface area (Å²) in [7, 11) is 0. The number of aryl methyl sites for hydroxylation is 1. The highest BCUT2D eigenvalue weighted by Gasteiger charge is 2.14. The van der Waals surface area contributed by atoms with Gasteiger partial charge in [0.05, 0.1) is 0 Å². The fourth-order valence-corrected chi connectivity index (χ4v) is 1.98. The van der Waals surface area contributed by atoms with Gasteiger partial charge in [-0.15, -0.1) is 11.3 Å². The van der Waals surface area contributed by atoms with E-state index in [9.17, 15) is 4.79 Å². The van der Waals surface area contributed by atoms with Crippen molar-refractivity contribution in [3.05, 3.63) is 28.0 Å². The number of amides is 1. The summed E-state index contributed by atoms with van der Waals surface area (Å²) in [5.74, 6) is 0. The van der Waals surface area contributed by atoms with E-state index in [2.05, 4.69) is 24.4 Å². The van der Waals surface area contributed by atoms with E-state index >= 15 is 0 Å². The quantitative estimate of drug-likeness (QED) is 0.894. The monoisotopic (exact) mass is 253 g/mol. The van der Waals surface area contributed by atoms with Crippen molar-refractivity contribution in [3.8, 4) is 0 Å². The van der Waals surface area contributed by atoms with Crippen LogP contribution in [0.5, 0.6) is 0 Å². The van der Waals surface area contributed by atoms with E-state index in [0.29, 0.717) is 6.54 Å². The van der Waals surface area contributed by atoms with Gasteiger partial charge in [-0.2, -0.15) is 0 Å².